The Bertz CT molecular complexity index is 529. The van der Waals surface area contributed by atoms with Crippen LogP contribution in [0.15, 0.2) is 29.3 Å². The van der Waals surface area contributed by atoms with Gasteiger partial charge in [-0.15, -0.1) is 24.0 Å². The maximum Gasteiger partial charge on any atom is 0.251 e. The second-order valence-electron chi connectivity index (χ2n) is 5.58. The van der Waals surface area contributed by atoms with E-state index in [4.69, 9.17) is 0 Å². The van der Waals surface area contributed by atoms with Crippen LogP contribution in [0.3, 0.4) is 0 Å². The predicted octanol–water partition coefficient (Wildman–Crippen LogP) is 2.52. The number of hydrogen-bond donors (Lipinski definition) is 3. The van der Waals surface area contributed by atoms with Crippen LogP contribution in [0.1, 0.15) is 42.6 Å². The van der Waals surface area contributed by atoms with E-state index in [2.05, 4.69) is 27.9 Å². The van der Waals surface area contributed by atoms with Crippen molar-refractivity contribution in [2.24, 2.45) is 10.9 Å². The molecule has 0 unspecified atom stereocenters. The van der Waals surface area contributed by atoms with Crippen LogP contribution in [0, 0.1) is 5.92 Å². The fourth-order valence-electron chi connectivity index (χ4n) is 2.15. The van der Waals surface area contributed by atoms with E-state index < -0.39 is 0 Å². The molecule has 5 nitrogen and oxygen atoms in total. The molecular weight excluding hydrogens is 403 g/mol. The number of guanidine groups is 1. The van der Waals surface area contributed by atoms with Crippen molar-refractivity contribution in [1.82, 2.24) is 16.0 Å². The Morgan fingerprint density at radius 2 is 1.91 bits per heavy atom. The van der Waals surface area contributed by atoms with Crippen molar-refractivity contribution in [3.05, 3.63) is 35.4 Å². The molecule has 1 saturated carbocycles. The highest BCUT2D eigenvalue weighted by Gasteiger charge is 2.21. The van der Waals surface area contributed by atoms with Crippen molar-refractivity contribution in [1.29, 1.82) is 0 Å². The van der Waals surface area contributed by atoms with Gasteiger partial charge in [0.2, 0.25) is 0 Å². The van der Waals surface area contributed by atoms with Gasteiger partial charge in [-0.05, 0) is 50.3 Å². The van der Waals surface area contributed by atoms with Gasteiger partial charge in [-0.2, -0.15) is 0 Å². The van der Waals surface area contributed by atoms with E-state index in [-0.39, 0.29) is 29.9 Å². The molecule has 1 aromatic rings. The van der Waals surface area contributed by atoms with Crippen molar-refractivity contribution in [2.75, 3.05) is 19.6 Å². The summed E-state index contributed by atoms with van der Waals surface area (Å²) < 4.78 is 0. The van der Waals surface area contributed by atoms with Crippen molar-refractivity contribution < 1.29 is 4.79 Å². The molecule has 6 heteroatoms. The van der Waals surface area contributed by atoms with Gasteiger partial charge >= 0.3 is 0 Å². The van der Waals surface area contributed by atoms with Crippen LogP contribution < -0.4 is 16.0 Å². The predicted molar refractivity (Wildman–Crippen MR) is 105 cm³/mol. The normalized spacial score (nSPS) is 13.9. The summed E-state index contributed by atoms with van der Waals surface area (Å²) in [6.45, 7) is 7.01. The summed E-state index contributed by atoms with van der Waals surface area (Å²) in [6, 6.07) is 7.63. The fourth-order valence-corrected chi connectivity index (χ4v) is 2.15. The van der Waals surface area contributed by atoms with Crippen molar-refractivity contribution in [3.63, 3.8) is 0 Å². The number of benzene rings is 1. The number of hydrogen-bond acceptors (Lipinski definition) is 2. The van der Waals surface area contributed by atoms with Crippen LogP contribution in [-0.2, 0) is 6.54 Å². The van der Waals surface area contributed by atoms with E-state index in [1.54, 1.807) is 0 Å². The highest BCUT2D eigenvalue weighted by atomic mass is 127. The fraction of sp³-hybridized carbons (Fsp3) is 0.529. The molecule has 0 saturated heterocycles. The van der Waals surface area contributed by atoms with Crippen LogP contribution in [0.4, 0.5) is 0 Å². The standard InChI is InChI=1S/C17H26N4O.HI/c1-3-18-16(22)15-7-5-6-14(10-15)12-21-17(19-4-2)20-11-13-8-9-13;/h5-7,10,13H,3-4,8-9,11-12H2,1-2H3,(H,18,22)(H2,19,20,21);1H. The summed E-state index contributed by atoms with van der Waals surface area (Å²) in [5.41, 5.74) is 1.72. The molecule has 3 N–H and O–H groups in total. The van der Waals surface area contributed by atoms with Crippen LogP contribution >= 0.6 is 24.0 Å². The number of carbonyl (C=O) groups excluding carboxylic acids is 1. The second kappa shape index (κ2) is 10.5. The molecule has 1 aliphatic carbocycles. The molecule has 23 heavy (non-hydrogen) atoms. The number of halogens is 1. The minimum absolute atomic E-state index is 0. The number of amides is 1. The quantitative estimate of drug-likeness (QED) is 0.354. The zero-order valence-corrected chi connectivity index (χ0v) is 16.2. The van der Waals surface area contributed by atoms with Gasteiger partial charge in [0.25, 0.3) is 5.91 Å². The number of nitrogens with one attached hydrogen (secondary N) is 3. The van der Waals surface area contributed by atoms with Gasteiger partial charge in [-0.25, -0.2) is 4.99 Å². The largest absolute Gasteiger partial charge is 0.357 e. The van der Waals surface area contributed by atoms with Crippen molar-refractivity contribution in [3.8, 4) is 0 Å². The third-order valence-electron chi connectivity index (χ3n) is 3.55. The van der Waals surface area contributed by atoms with Gasteiger partial charge < -0.3 is 16.0 Å². The SMILES string of the molecule is CCNC(=O)c1cccc(CN=C(NCC)NCC2CC2)c1.I. The van der Waals surface area contributed by atoms with Gasteiger partial charge in [0, 0.05) is 25.2 Å². The number of nitrogens with zero attached hydrogens (tertiary/aromatic N) is 1. The summed E-state index contributed by atoms with van der Waals surface area (Å²) in [4.78, 5) is 16.4. The molecule has 1 fully saturated rings. The Morgan fingerprint density at radius 1 is 1.17 bits per heavy atom. The molecule has 1 aromatic carbocycles. The zero-order valence-electron chi connectivity index (χ0n) is 13.9. The molecule has 2 rings (SSSR count). The van der Waals surface area contributed by atoms with Gasteiger partial charge in [0.1, 0.15) is 0 Å². The number of rotatable bonds is 7. The maximum absolute atomic E-state index is 11.9. The van der Waals surface area contributed by atoms with Crippen LogP contribution in [0.2, 0.25) is 0 Å². The highest BCUT2D eigenvalue weighted by Crippen LogP contribution is 2.27. The molecule has 0 atom stereocenters. The molecular formula is C17H27IN4O. The van der Waals surface area contributed by atoms with Crippen LogP contribution in [0.5, 0.6) is 0 Å². The lowest BCUT2D eigenvalue weighted by atomic mass is 10.1. The van der Waals surface area contributed by atoms with Gasteiger partial charge in [0.05, 0.1) is 6.54 Å². The lowest BCUT2D eigenvalue weighted by molar-refractivity contribution is 0.0955. The molecule has 0 aromatic heterocycles. The van der Waals surface area contributed by atoms with E-state index in [1.165, 1.54) is 12.8 Å². The van der Waals surface area contributed by atoms with Gasteiger partial charge in [-0.1, -0.05) is 12.1 Å². The van der Waals surface area contributed by atoms with Crippen LogP contribution in [0.25, 0.3) is 0 Å². The third-order valence-corrected chi connectivity index (χ3v) is 3.55. The Kier molecular flexibility index (Phi) is 8.98. The van der Waals surface area contributed by atoms with E-state index in [0.29, 0.717) is 18.7 Å². The molecule has 0 aliphatic heterocycles. The molecule has 0 bridgehead atoms. The first-order valence-corrected chi connectivity index (χ1v) is 8.12. The lowest BCUT2D eigenvalue weighted by Gasteiger charge is -2.11. The summed E-state index contributed by atoms with van der Waals surface area (Å²) in [5, 5.41) is 9.44. The minimum atomic E-state index is -0.0351. The Morgan fingerprint density at radius 3 is 2.57 bits per heavy atom. The van der Waals surface area contributed by atoms with Gasteiger partial charge in [-0.3, -0.25) is 4.79 Å². The maximum atomic E-state index is 11.9. The summed E-state index contributed by atoms with van der Waals surface area (Å²) in [5.74, 6) is 1.62. The molecule has 1 aliphatic rings. The first-order valence-electron chi connectivity index (χ1n) is 8.12. The summed E-state index contributed by atoms with van der Waals surface area (Å²) in [6.07, 6.45) is 2.64. The Hall–Kier alpha value is -1.31. The van der Waals surface area contributed by atoms with E-state index in [9.17, 15) is 4.79 Å². The van der Waals surface area contributed by atoms with Crippen LogP contribution in [-0.4, -0.2) is 31.5 Å². The monoisotopic (exact) mass is 430 g/mol. The molecule has 128 valence electrons. The number of aliphatic imine (C=N–C) groups is 1. The minimum Gasteiger partial charge on any atom is -0.357 e. The van der Waals surface area contributed by atoms with Crippen molar-refractivity contribution in [2.45, 2.75) is 33.2 Å². The topological polar surface area (TPSA) is 65.5 Å². The van der Waals surface area contributed by atoms with Gasteiger partial charge in [0.15, 0.2) is 5.96 Å². The van der Waals surface area contributed by atoms with E-state index in [0.717, 1.165) is 30.5 Å². The highest BCUT2D eigenvalue weighted by molar-refractivity contribution is 14.0. The first-order chi connectivity index (χ1) is 10.7. The molecule has 0 heterocycles. The molecule has 0 spiro atoms. The smallest absolute Gasteiger partial charge is 0.251 e. The average molecular weight is 430 g/mol. The number of carbonyl (C=O) groups is 1. The first kappa shape index (κ1) is 19.7. The molecule has 1 amide bonds. The Balaban J connectivity index is 0.00000264. The second-order valence-corrected chi connectivity index (χ2v) is 5.58. The van der Waals surface area contributed by atoms with E-state index in [1.807, 2.05) is 31.2 Å². The third kappa shape index (κ3) is 7.20. The summed E-state index contributed by atoms with van der Waals surface area (Å²) in [7, 11) is 0. The average Bonchev–Trinajstić information content (AvgIpc) is 3.35. The zero-order chi connectivity index (χ0) is 15.8. The Labute approximate surface area is 155 Å². The van der Waals surface area contributed by atoms with Crippen molar-refractivity contribution >= 4 is 35.8 Å². The summed E-state index contributed by atoms with van der Waals surface area (Å²) >= 11 is 0. The molecule has 0 radical (unpaired) electrons. The lowest BCUT2D eigenvalue weighted by Crippen LogP contribution is -2.38. The van der Waals surface area contributed by atoms with E-state index >= 15 is 0 Å².